The number of carbonyl (C=O) groups is 3. The van der Waals surface area contributed by atoms with E-state index in [4.69, 9.17) is 0 Å². The van der Waals surface area contributed by atoms with Crippen LogP contribution >= 0.6 is 0 Å². The van der Waals surface area contributed by atoms with E-state index >= 15 is 0 Å². The van der Waals surface area contributed by atoms with Gasteiger partial charge in [-0.05, 0) is 55.3 Å². The zero-order valence-corrected chi connectivity index (χ0v) is 25.3. The molecule has 0 aromatic rings. The third-order valence-corrected chi connectivity index (χ3v) is 8.77. The first-order valence-corrected chi connectivity index (χ1v) is 14.8. The molecule has 2 saturated heterocycles. The number of urea groups is 1. The Kier molecular flexibility index (Phi) is 10.9. The molecule has 0 radical (unpaired) electrons. The van der Waals surface area contributed by atoms with Crippen LogP contribution in [0.4, 0.5) is 4.79 Å². The quantitative estimate of drug-likeness (QED) is 0.365. The first-order chi connectivity index (χ1) is 17.1. The van der Waals surface area contributed by atoms with Gasteiger partial charge >= 0.3 is 6.03 Å². The lowest BCUT2D eigenvalue weighted by Gasteiger charge is -2.42. The molecule has 37 heavy (non-hydrogen) atoms. The second-order valence-electron chi connectivity index (χ2n) is 13.9. The fraction of sp³-hybridized carbons (Fsp3) is 0.900. The maximum Gasteiger partial charge on any atom is 0.315 e. The summed E-state index contributed by atoms with van der Waals surface area (Å²) in [6, 6.07) is -0.910. The van der Waals surface area contributed by atoms with Crippen LogP contribution in [0.5, 0.6) is 0 Å². The minimum absolute atomic E-state index is 0.0259. The standard InChI is InChI=1S/C30H56N4O3/c1-10-12-16-30(9,15-11-2)25(26(36)34-18-13-14-22(34)3)32-27(37)31-23(28(4,5)6)21-33-19-17-29(7,8)20-24(33)35/h22-23,25H,10-21H2,1-9H3,(H2,31,32,37). The summed E-state index contributed by atoms with van der Waals surface area (Å²) < 4.78 is 0. The molecule has 4 amide bonds. The molecule has 7 heteroatoms. The molecule has 0 aromatic heterocycles. The highest BCUT2D eigenvalue weighted by atomic mass is 16.2. The number of unbranched alkanes of at least 4 members (excludes halogenated alkanes) is 1. The van der Waals surface area contributed by atoms with E-state index in [2.05, 4.69) is 72.9 Å². The molecule has 2 aliphatic heterocycles. The molecule has 2 N–H and O–H groups in total. The monoisotopic (exact) mass is 520 g/mol. The van der Waals surface area contributed by atoms with Crippen LogP contribution in [0.15, 0.2) is 0 Å². The van der Waals surface area contributed by atoms with Crippen LogP contribution in [0.25, 0.3) is 0 Å². The third-order valence-electron chi connectivity index (χ3n) is 8.77. The van der Waals surface area contributed by atoms with Gasteiger partial charge in [0.1, 0.15) is 6.04 Å². The van der Waals surface area contributed by atoms with Crippen LogP contribution in [0.1, 0.15) is 120 Å². The summed E-state index contributed by atoms with van der Waals surface area (Å²) in [5.41, 5.74) is -0.534. The van der Waals surface area contributed by atoms with Crippen LogP contribution in [0.3, 0.4) is 0 Å². The second-order valence-corrected chi connectivity index (χ2v) is 13.9. The summed E-state index contributed by atoms with van der Waals surface area (Å²) in [7, 11) is 0. The normalized spacial score (nSPS) is 23.4. The van der Waals surface area contributed by atoms with Gasteiger partial charge in [-0.1, -0.05) is 74.7 Å². The molecule has 2 heterocycles. The Morgan fingerprint density at radius 3 is 2.24 bits per heavy atom. The number of nitrogens with zero attached hydrogens (tertiary/aromatic N) is 2. The number of likely N-dealkylation sites (tertiary alicyclic amines) is 2. The number of nitrogens with one attached hydrogen (secondary N) is 2. The van der Waals surface area contributed by atoms with Gasteiger partial charge in [0.15, 0.2) is 0 Å². The van der Waals surface area contributed by atoms with Crippen molar-refractivity contribution in [1.29, 1.82) is 0 Å². The van der Waals surface area contributed by atoms with Gasteiger partial charge in [-0.15, -0.1) is 0 Å². The van der Waals surface area contributed by atoms with Crippen molar-refractivity contribution in [3.63, 3.8) is 0 Å². The Labute approximate surface area is 226 Å². The third kappa shape index (κ3) is 8.61. The van der Waals surface area contributed by atoms with E-state index in [1.54, 1.807) is 0 Å². The van der Waals surface area contributed by atoms with E-state index in [1.165, 1.54) is 0 Å². The lowest BCUT2D eigenvalue weighted by molar-refractivity contribution is -0.138. The van der Waals surface area contributed by atoms with Crippen molar-refractivity contribution in [3.05, 3.63) is 0 Å². The molecule has 0 bridgehead atoms. The maximum atomic E-state index is 13.9. The van der Waals surface area contributed by atoms with Gasteiger partial charge in [-0.25, -0.2) is 4.79 Å². The van der Waals surface area contributed by atoms with Crippen molar-refractivity contribution >= 4 is 17.8 Å². The SMILES string of the molecule is CCCCC(C)(CCC)C(NC(=O)NC(CN1CCC(C)(C)CC1=O)C(C)(C)C)C(=O)N1CCCC1C. The summed E-state index contributed by atoms with van der Waals surface area (Å²) in [5.74, 6) is 0.201. The van der Waals surface area contributed by atoms with Crippen LogP contribution in [0.2, 0.25) is 0 Å². The molecule has 0 aliphatic carbocycles. The first-order valence-electron chi connectivity index (χ1n) is 14.8. The van der Waals surface area contributed by atoms with E-state index < -0.39 is 6.04 Å². The van der Waals surface area contributed by atoms with Gasteiger partial charge < -0.3 is 20.4 Å². The molecule has 2 fully saturated rings. The van der Waals surface area contributed by atoms with Crippen molar-refractivity contribution < 1.29 is 14.4 Å². The van der Waals surface area contributed by atoms with Crippen molar-refractivity contribution in [2.24, 2.45) is 16.2 Å². The van der Waals surface area contributed by atoms with Gasteiger partial charge in [0.05, 0.1) is 6.04 Å². The van der Waals surface area contributed by atoms with E-state index in [9.17, 15) is 14.4 Å². The molecule has 4 atom stereocenters. The van der Waals surface area contributed by atoms with Crippen LogP contribution in [-0.4, -0.2) is 65.4 Å². The highest BCUT2D eigenvalue weighted by Crippen LogP contribution is 2.36. The molecule has 2 aliphatic rings. The first kappa shape index (κ1) is 31.4. The average molecular weight is 521 g/mol. The molecule has 0 saturated carbocycles. The molecule has 2 rings (SSSR count). The van der Waals surface area contributed by atoms with E-state index in [0.29, 0.717) is 19.5 Å². The lowest BCUT2D eigenvalue weighted by Crippen LogP contribution is -2.61. The Hall–Kier alpha value is -1.79. The minimum Gasteiger partial charge on any atom is -0.341 e. The zero-order valence-electron chi connectivity index (χ0n) is 25.3. The predicted molar refractivity (Wildman–Crippen MR) is 151 cm³/mol. The highest BCUT2D eigenvalue weighted by molar-refractivity contribution is 5.88. The topological polar surface area (TPSA) is 81.8 Å². The minimum atomic E-state index is -0.572. The molecule has 0 spiro atoms. The van der Waals surface area contributed by atoms with Gasteiger partial charge in [-0.2, -0.15) is 0 Å². The molecule has 0 aromatic carbocycles. The summed E-state index contributed by atoms with van der Waals surface area (Å²) in [4.78, 5) is 44.2. The van der Waals surface area contributed by atoms with Crippen molar-refractivity contribution in [2.75, 3.05) is 19.6 Å². The van der Waals surface area contributed by atoms with Gasteiger partial charge in [-0.3, -0.25) is 9.59 Å². The number of hydrogen-bond acceptors (Lipinski definition) is 3. The summed E-state index contributed by atoms with van der Waals surface area (Å²) in [5, 5.41) is 6.36. The molecule has 214 valence electrons. The number of carbonyl (C=O) groups excluding carboxylic acids is 3. The summed E-state index contributed by atoms with van der Waals surface area (Å²) in [6.07, 6.45) is 8.34. The van der Waals surface area contributed by atoms with Gasteiger partial charge in [0, 0.05) is 32.1 Å². The average Bonchev–Trinajstić information content (AvgIpc) is 3.21. The molecule has 4 unspecified atom stereocenters. The number of hydrogen-bond donors (Lipinski definition) is 2. The number of amides is 4. The molecule has 7 nitrogen and oxygen atoms in total. The van der Waals surface area contributed by atoms with Crippen LogP contribution in [-0.2, 0) is 9.59 Å². The van der Waals surface area contributed by atoms with Crippen LogP contribution < -0.4 is 10.6 Å². The fourth-order valence-electron chi connectivity index (χ4n) is 5.98. The highest BCUT2D eigenvalue weighted by Gasteiger charge is 2.43. The maximum absolute atomic E-state index is 13.9. The Morgan fingerprint density at radius 2 is 1.73 bits per heavy atom. The predicted octanol–water partition coefficient (Wildman–Crippen LogP) is 5.73. The fourth-order valence-corrected chi connectivity index (χ4v) is 5.98. The number of rotatable bonds is 11. The van der Waals surface area contributed by atoms with Crippen molar-refractivity contribution in [2.45, 2.75) is 138 Å². The van der Waals surface area contributed by atoms with Crippen LogP contribution in [0, 0.1) is 16.2 Å². The second kappa shape index (κ2) is 12.8. The van der Waals surface area contributed by atoms with E-state index in [0.717, 1.165) is 57.9 Å². The largest absolute Gasteiger partial charge is 0.341 e. The van der Waals surface area contributed by atoms with Crippen molar-refractivity contribution in [3.8, 4) is 0 Å². The Balaban J connectivity index is 2.24. The zero-order chi connectivity index (χ0) is 28.0. The Morgan fingerprint density at radius 1 is 1.05 bits per heavy atom. The summed E-state index contributed by atoms with van der Waals surface area (Å²) in [6.45, 7) is 21.1. The number of piperidine rings is 1. The van der Waals surface area contributed by atoms with E-state index in [1.807, 2.05) is 9.80 Å². The lowest BCUT2D eigenvalue weighted by atomic mass is 9.73. The molecular weight excluding hydrogens is 464 g/mol. The van der Waals surface area contributed by atoms with Gasteiger partial charge in [0.2, 0.25) is 11.8 Å². The van der Waals surface area contributed by atoms with Crippen molar-refractivity contribution in [1.82, 2.24) is 20.4 Å². The van der Waals surface area contributed by atoms with Gasteiger partial charge in [0.25, 0.3) is 0 Å². The summed E-state index contributed by atoms with van der Waals surface area (Å²) >= 11 is 0. The Bertz CT molecular complexity index is 790. The smallest absolute Gasteiger partial charge is 0.315 e. The van der Waals surface area contributed by atoms with E-state index in [-0.39, 0.29) is 46.2 Å². The molecular formula is C30H56N4O3.